The van der Waals surface area contributed by atoms with Crippen LogP contribution in [0.1, 0.15) is 13.8 Å². The van der Waals surface area contributed by atoms with Crippen LogP contribution in [-0.2, 0) is 0 Å². The Kier molecular flexibility index (Phi) is 8.67. The third kappa shape index (κ3) is 5.22. The lowest BCUT2D eigenvalue weighted by Gasteiger charge is -2.18. The molecule has 0 radical (unpaired) electrons. The summed E-state index contributed by atoms with van der Waals surface area (Å²) in [6, 6.07) is 4.70. The van der Waals surface area contributed by atoms with E-state index in [1.54, 1.807) is 19.2 Å². The standard InChI is InChI=1S/C13H21N3O3.ClH/c1-4-15(5-2)9-8-14-12-10-11(19-3)6-7-13(12)16(17)18;/h6-7,10,14H,4-5,8-9H2,1-3H3;1H. The van der Waals surface area contributed by atoms with Gasteiger partial charge in [0.1, 0.15) is 11.4 Å². The Labute approximate surface area is 125 Å². The topological polar surface area (TPSA) is 67.6 Å². The largest absolute Gasteiger partial charge is 0.497 e. The van der Waals surface area contributed by atoms with Crippen LogP contribution in [0.5, 0.6) is 5.75 Å². The van der Waals surface area contributed by atoms with Gasteiger partial charge in [0.2, 0.25) is 0 Å². The average Bonchev–Trinajstić information content (AvgIpc) is 2.43. The minimum absolute atomic E-state index is 0. The third-order valence-corrected chi connectivity index (χ3v) is 3.04. The van der Waals surface area contributed by atoms with Gasteiger partial charge >= 0.3 is 0 Å². The minimum Gasteiger partial charge on any atom is -0.497 e. The molecule has 20 heavy (non-hydrogen) atoms. The number of anilines is 1. The molecule has 0 saturated carbocycles. The summed E-state index contributed by atoms with van der Waals surface area (Å²) in [6.45, 7) is 7.64. The van der Waals surface area contributed by atoms with Crippen LogP contribution in [0.25, 0.3) is 0 Å². The molecule has 0 unspecified atom stereocenters. The molecule has 0 aromatic heterocycles. The normalized spacial score (nSPS) is 10.0. The van der Waals surface area contributed by atoms with Crippen LogP contribution < -0.4 is 10.1 Å². The molecule has 0 atom stereocenters. The van der Waals surface area contributed by atoms with E-state index in [1.807, 2.05) is 0 Å². The first-order chi connectivity index (χ1) is 9.12. The minimum atomic E-state index is -0.390. The van der Waals surface area contributed by atoms with Crippen LogP contribution >= 0.6 is 12.4 Å². The molecule has 0 bridgehead atoms. The molecule has 6 nitrogen and oxygen atoms in total. The number of nitro groups is 1. The molecule has 7 heteroatoms. The van der Waals surface area contributed by atoms with Crippen LogP contribution in [0, 0.1) is 10.1 Å². The summed E-state index contributed by atoms with van der Waals surface area (Å²) in [5, 5.41) is 14.1. The fourth-order valence-corrected chi connectivity index (χ4v) is 1.83. The number of nitrogens with one attached hydrogen (secondary N) is 1. The van der Waals surface area contributed by atoms with E-state index < -0.39 is 0 Å². The van der Waals surface area contributed by atoms with Crippen molar-refractivity contribution >= 4 is 23.8 Å². The highest BCUT2D eigenvalue weighted by molar-refractivity contribution is 5.85. The maximum Gasteiger partial charge on any atom is 0.292 e. The zero-order chi connectivity index (χ0) is 14.3. The zero-order valence-corrected chi connectivity index (χ0v) is 12.9. The molecule has 0 aliphatic carbocycles. The van der Waals surface area contributed by atoms with E-state index in [-0.39, 0.29) is 23.0 Å². The van der Waals surface area contributed by atoms with Crippen molar-refractivity contribution in [2.75, 3.05) is 38.6 Å². The fraction of sp³-hybridized carbons (Fsp3) is 0.538. The van der Waals surface area contributed by atoms with E-state index in [2.05, 4.69) is 24.1 Å². The molecule has 1 aromatic carbocycles. The lowest BCUT2D eigenvalue weighted by Crippen LogP contribution is -2.28. The number of methoxy groups -OCH3 is 1. The van der Waals surface area contributed by atoms with Crippen molar-refractivity contribution in [3.8, 4) is 5.75 Å². The quantitative estimate of drug-likeness (QED) is 0.591. The molecule has 1 rings (SSSR count). The Balaban J connectivity index is 0.00000361. The lowest BCUT2D eigenvalue weighted by atomic mass is 10.2. The van der Waals surface area contributed by atoms with Gasteiger partial charge in [0.15, 0.2) is 0 Å². The van der Waals surface area contributed by atoms with Gasteiger partial charge in [-0.05, 0) is 19.2 Å². The van der Waals surface area contributed by atoms with Gasteiger partial charge in [-0.25, -0.2) is 0 Å². The first-order valence-corrected chi connectivity index (χ1v) is 6.41. The lowest BCUT2D eigenvalue weighted by molar-refractivity contribution is -0.384. The van der Waals surface area contributed by atoms with Crippen LogP contribution in [0.4, 0.5) is 11.4 Å². The molecule has 0 amide bonds. The summed E-state index contributed by atoms with van der Waals surface area (Å²) in [5.74, 6) is 0.607. The number of ether oxygens (including phenoxy) is 1. The zero-order valence-electron chi connectivity index (χ0n) is 12.1. The van der Waals surface area contributed by atoms with Crippen molar-refractivity contribution in [2.24, 2.45) is 0 Å². The Morgan fingerprint density at radius 1 is 1.35 bits per heavy atom. The molecule has 0 spiro atoms. The number of nitrogens with zero attached hydrogens (tertiary/aromatic N) is 2. The molecule has 0 saturated heterocycles. The Morgan fingerprint density at radius 3 is 2.50 bits per heavy atom. The van der Waals surface area contributed by atoms with Gasteiger partial charge in [-0.3, -0.25) is 10.1 Å². The van der Waals surface area contributed by atoms with Gasteiger partial charge in [-0.2, -0.15) is 0 Å². The van der Waals surface area contributed by atoms with Gasteiger partial charge in [0, 0.05) is 25.2 Å². The Bertz CT molecular complexity index is 425. The number of hydrogen-bond acceptors (Lipinski definition) is 5. The number of hydrogen-bond donors (Lipinski definition) is 1. The van der Waals surface area contributed by atoms with Crippen molar-refractivity contribution in [2.45, 2.75) is 13.8 Å². The van der Waals surface area contributed by atoms with E-state index in [4.69, 9.17) is 4.74 Å². The molecule has 1 aromatic rings. The molecule has 0 heterocycles. The van der Waals surface area contributed by atoms with E-state index >= 15 is 0 Å². The molecular weight excluding hydrogens is 282 g/mol. The number of halogens is 1. The van der Waals surface area contributed by atoms with Gasteiger partial charge < -0.3 is 15.0 Å². The number of rotatable bonds is 8. The molecule has 0 aliphatic heterocycles. The second kappa shape index (κ2) is 9.39. The molecule has 114 valence electrons. The summed E-state index contributed by atoms with van der Waals surface area (Å²) in [4.78, 5) is 12.8. The SMILES string of the molecule is CCN(CC)CCNc1cc(OC)ccc1[N+](=O)[O-].Cl. The number of nitro benzene ring substituents is 1. The summed E-state index contributed by atoms with van der Waals surface area (Å²) in [7, 11) is 1.54. The predicted molar refractivity (Wildman–Crippen MR) is 83.2 cm³/mol. The maximum atomic E-state index is 10.9. The first-order valence-electron chi connectivity index (χ1n) is 6.41. The third-order valence-electron chi connectivity index (χ3n) is 3.04. The van der Waals surface area contributed by atoms with E-state index in [9.17, 15) is 10.1 Å². The summed E-state index contributed by atoms with van der Waals surface area (Å²) < 4.78 is 5.09. The Hall–Kier alpha value is -1.53. The highest BCUT2D eigenvalue weighted by Crippen LogP contribution is 2.28. The summed E-state index contributed by atoms with van der Waals surface area (Å²) >= 11 is 0. The van der Waals surface area contributed by atoms with Crippen LogP contribution in [0.15, 0.2) is 18.2 Å². The highest BCUT2D eigenvalue weighted by Gasteiger charge is 2.14. The Morgan fingerprint density at radius 2 is 2.00 bits per heavy atom. The second-order valence-electron chi connectivity index (χ2n) is 4.09. The summed E-state index contributed by atoms with van der Waals surface area (Å²) in [6.07, 6.45) is 0. The number of likely N-dealkylation sites (N-methyl/N-ethyl adjacent to an activating group) is 1. The molecule has 0 aliphatic rings. The maximum absolute atomic E-state index is 10.9. The van der Waals surface area contributed by atoms with Gasteiger partial charge in [0.25, 0.3) is 5.69 Å². The van der Waals surface area contributed by atoms with Gasteiger partial charge in [-0.15, -0.1) is 12.4 Å². The summed E-state index contributed by atoms with van der Waals surface area (Å²) in [5.41, 5.74) is 0.567. The molecular formula is C13H22ClN3O3. The van der Waals surface area contributed by atoms with Crippen LogP contribution in [0.3, 0.4) is 0 Å². The molecule has 0 fully saturated rings. The van der Waals surface area contributed by atoms with Gasteiger partial charge in [-0.1, -0.05) is 13.8 Å². The predicted octanol–water partition coefficient (Wildman–Crippen LogP) is 2.78. The molecule has 1 N–H and O–H groups in total. The number of benzene rings is 1. The van der Waals surface area contributed by atoms with E-state index in [0.717, 1.165) is 19.6 Å². The van der Waals surface area contributed by atoms with Crippen molar-refractivity contribution in [3.05, 3.63) is 28.3 Å². The second-order valence-corrected chi connectivity index (χ2v) is 4.09. The van der Waals surface area contributed by atoms with E-state index in [1.165, 1.54) is 6.07 Å². The van der Waals surface area contributed by atoms with Crippen molar-refractivity contribution in [1.82, 2.24) is 4.90 Å². The van der Waals surface area contributed by atoms with Crippen molar-refractivity contribution < 1.29 is 9.66 Å². The van der Waals surface area contributed by atoms with Crippen LogP contribution in [-0.4, -0.2) is 43.1 Å². The van der Waals surface area contributed by atoms with E-state index in [0.29, 0.717) is 18.0 Å². The van der Waals surface area contributed by atoms with Crippen LogP contribution in [0.2, 0.25) is 0 Å². The monoisotopic (exact) mass is 303 g/mol. The fourth-order valence-electron chi connectivity index (χ4n) is 1.83. The highest BCUT2D eigenvalue weighted by atomic mass is 35.5. The van der Waals surface area contributed by atoms with Gasteiger partial charge in [0.05, 0.1) is 12.0 Å². The smallest absolute Gasteiger partial charge is 0.292 e. The average molecular weight is 304 g/mol. The van der Waals surface area contributed by atoms with Crippen molar-refractivity contribution in [1.29, 1.82) is 0 Å². The first kappa shape index (κ1) is 18.5. The van der Waals surface area contributed by atoms with Crippen molar-refractivity contribution in [3.63, 3.8) is 0 Å².